The van der Waals surface area contributed by atoms with E-state index in [0.717, 1.165) is 16.7 Å². The molecule has 0 spiro atoms. The maximum atomic E-state index is 12.8. The van der Waals surface area contributed by atoms with Crippen LogP contribution in [0.4, 0.5) is 10.5 Å². The summed E-state index contributed by atoms with van der Waals surface area (Å²) < 4.78 is 16.7. The number of carbonyl (C=O) groups excluding carboxylic acids is 3. The van der Waals surface area contributed by atoms with Crippen LogP contribution in [0.3, 0.4) is 0 Å². The highest BCUT2D eigenvalue weighted by Gasteiger charge is 2.36. The number of carbonyl (C=O) groups is 3. The van der Waals surface area contributed by atoms with Gasteiger partial charge in [-0.2, -0.15) is 0 Å². The van der Waals surface area contributed by atoms with E-state index in [4.69, 9.17) is 14.2 Å². The van der Waals surface area contributed by atoms with Gasteiger partial charge >= 0.3 is 0 Å². The molecule has 32 heavy (non-hydrogen) atoms. The highest BCUT2D eigenvalue weighted by atomic mass is 32.2. The van der Waals surface area contributed by atoms with Crippen molar-refractivity contribution in [2.24, 2.45) is 0 Å². The Morgan fingerprint density at radius 2 is 1.91 bits per heavy atom. The van der Waals surface area contributed by atoms with Crippen LogP contribution in [0.1, 0.15) is 19.4 Å². The van der Waals surface area contributed by atoms with E-state index in [-0.39, 0.29) is 17.6 Å². The van der Waals surface area contributed by atoms with Gasteiger partial charge < -0.3 is 19.5 Å². The Morgan fingerprint density at radius 1 is 1.16 bits per heavy atom. The van der Waals surface area contributed by atoms with Crippen molar-refractivity contribution in [1.29, 1.82) is 0 Å². The number of hydrogen-bond donors (Lipinski definition) is 1. The molecule has 2 aliphatic heterocycles. The number of para-hydroxylation sites is 1. The maximum absolute atomic E-state index is 12.8. The second kappa shape index (κ2) is 9.35. The Hall–Kier alpha value is -3.46. The third kappa shape index (κ3) is 4.88. The number of anilines is 1. The Morgan fingerprint density at radius 3 is 2.69 bits per heavy atom. The van der Waals surface area contributed by atoms with Gasteiger partial charge in [-0.25, -0.2) is 0 Å². The minimum atomic E-state index is -0.517. The predicted molar refractivity (Wildman–Crippen MR) is 121 cm³/mol. The van der Waals surface area contributed by atoms with Crippen molar-refractivity contribution in [1.82, 2.24) is 4.90 Å². The van der Waals surface area contributed by atoms with Crippen LogP contribution in [0.5, 0.6) is 17.2 Å². The van der Waals surface area contributed by atoms with Crippen LogP contribution in [0.15, 0.2) is 47.4 Å². The van der Waals surface area contributed by atoms with Gasteiger partial charge in [-0.1, -0.05) is 18.2 Å². The second-order valence-electron chi connectivity index (χ2n) is 7.38. The largest absolute Gasteiger partial charge is 0.490 e. The van der Waals surface area contributed by atoms with Crippen LogP contribution < -0.4 is 19.5 Å². The van der Waals surface area contributed by atoms with Crippen molar-refractivity contribution in [3.05, 3.63) is 52.9 Å². The topological polar surface area (TPSA) is 94.2 Å². The van der Waals surface area contributed by atoms with Crippen molar-refractivity contribution < 1.29 is 28.6 Å². The fourth-order valence-corrected chi connectivity index (χ4v) is 4.03. The SMILES string of the molecule is CC(C)Oc1ccccc1/C=C1\SC(=O)N(CC(=O)Nc2ccc3c(c2)OCCO3)C1=O. The number of benzene rings is 2. The average molecular weight is 455 g/mol. The molecule has 0 saturated carbocycles. The van der Waals surface area contributed by atoms with Gasteiger partial charge in [-0.15, -0.1) is 0 Å². The first kappa shape index (κ1) is 21.8. The van der Waals surface area contributed by atoms with Crippen LogP contribution in [-0.4, -0.2) is 47.8 Å². The molecular formula is C23H22N2O6S. The van der Waals surface area contributed by atoms with Crippen molar-refractivity contribution in [3.63, 3.8) is 0 Å². The molecule has 1 saturated heterocycles. The number of thioether (sulfide) groups is 1. The number of hydrogen-bond acceptors (Lipinski definition) is 7. The molecule has 0 unspecified atom stereocenters. The number of fused-ring (bicyclic) bond motifs is 1. The predicted octanol–water partition coefficient (Wildman–Crippen LogP) is 3.92. The summed E-state index contributed by atoms with van der Waals surface area (Å²) in [6.45, 7) is 4.33. The summed E-state index contributed by atoms with van der Waals surface area (Å²) in [5.74, 6) is 0.744. The van der Waals surface area contributed by atoms with Crippen molar-refractivity contribution >= 4 is 40.6 Å². The molecule has 0 radical (unpaired) electrons. The highest BCUT2D eigenvalue weighted by Crippen LogP contribution is 2.35. The molecule has 9 heteroatoms. The zero-order chi connectivity index (χ0) is 22.7. The molecule has 0 bridgehead atoms. The third-order valence-corrected chi connectivity index (χ3v) is 5.48. The molecule has 2 aromatic carbocycles. The Labute approximate surface area is 189 Å². The smallest absolute Gasteiger partial charge is 0.294 e. The first-order valence-electron chi connectivity index (χ1n) is 10.1. The third-order valence-electron chi connectivity index (χ3n) is 4.57. The fraction of sp³-hybridized carbons (Fsp3) is 0.261. The maximum Gasteiger partial charge on any atom is 0.294 e. The van der Waals surface area contributed by atoms with Gasteiger partial charge in [0.2, 0.25) is 5.91 Å². The molecular weight excluding hydrogens is 432 g/mol. The lowest BCUT2D eigenvalue weighted by Gasteiger charge is -2.19. The zero-order valence-electron chi connectivity index (χ0n) is 17.6. The molecule has 2 heterocycles. The molecule has 2 aromatic rings. The van der Waals surface area contributed by atoms with Crippen LogP contribution in [0.2, 0.25) is 0 Å². The summed E-state index contributed by atoms with van der Waals surface area (Å²) in [5, 5.41) is 2.19. The molecule has 3 amide bonds. The molecule has 1 N–H and O–H groups in total. The van der Waals surface area contributed by atoms with Crippen LogP contribution in [-0.2, 0) is 9.59 Å². The van der Waals surface area contributed by atoms with Gasteiger partial charge in [0.15, 0.2) is 11.5 Å². The molecule has 2 aliphatic rings. The second-order valence-corrected chi connectivity index (χ2v) is 8.37. The average Bonchev–Trinajstić information content (AvgIpc) is 3.02. The van der Waals surface area contributed by atoms with Gasteiger partial charge in [0.1, 0.15) is 25.5 Å². The lowest BCUT2D eigenvalue weighted by Crippen LogP contribution is -2.36. The summed E-state index contributed by atoms with van der Waals surface area (Å²) in [6, 6.07) is 12.3. The van der Waals surface area contributed by atoms with E-state index in [1.807, 2.05) is 26.0 Å². The highest BCUT2D eigenvalue weighted by molar-refractivity contribution is 8.18. The molecule has 0 aromatic heterocycles. The van der Waals surface area contributed by atoms with E-state index in [2.05, 4.69) is 5.32 Å². The quantitative estimate of drug-likeness (QED) is 0.661. The standard InChI is InChI=1S/C23H22N2O6S/c1-14(2)31-17-6-4-3-5-15(17)11-20-22(27)25(23(28)32-20)13-21(26)24-16-7-8-18-19(12-16)30-10-9-29-18/h3-8,11-12,14H,9-10,13H2,1-2H3,(H,24,26)/b20-11-. The van der Waals surface area contributed by atoms with Gasteiger partial charge in [0, 0.05) is 17.3 Å². The van der Waals surface area contributed by atoms with E-state index in [1.54, 1.807) is 36.4 Å². The summed E-state index contributed by atoms with van der Waals surface area (Å²) in [6.07, 6.45) is 1.57. The Bertz CT molecular complexity index is 1100. The van der Waals surface area contributed by atoms with Crippen molar-refractivity contribution in [3.8, 4) is 17.2 Å². The number of imide groups is 1. The minimum absolute atomic E-state index is 0.0381. The molecule has 4 rings (SSSR count). The lowest BCUT2D eigenvalue weighted by molar-refractivity contribution is -0.127. The van der Waals surface area contributed by atoms with Gasteiger partial charge in [-0.3, -0.25) is 19.3 Å². The number of nitrogens with one attached hydrogen (secondary N) is 1. The van der Waals surface area contributed by atoms with Crippen LogP contribution in [0, 0.1) is 0 Å². The fourth-order valence-electron chi connectivity index (χ4n) is 3.20. The monoisotopic (exact) mass is 454 g/mol. The number of amides is 3. The van der Waals surface area contributed by atoms with Gasteiger partial charge in [-0.05, 0) is 49.9 Å². The van der Waals surface area contributed by atoms with E-state index >= 15 is 0 Å². The first-order chi connectivity index (χ1) is 15.4. The molecule has 1 fully saturated rings. The molecule has 0 atom stereocenters. The Kier molecular flexibility index (Phi) is 6.36. The molecule has 0 aliphatic carbocycles. The number of ether oxygens (including phenoxy) is 3. The Balaban J connectivity index is 1.44. The van der Waals surface area contributed by atoms with Gasteiger partial charge in [0.05, 0.1) is 11.0 Å². The molecule has 8 nitrogen and oxygen atoms in total. The first-order valence-corrected chi connectivity index (χ1v) is 10.9. The normalized spacial score (nSPS) is 16.6. The summed E-state index contributed by atoms with van der Waals surface area (Å²) >= 11 is 0.798. The number of rotatable bonds is 6. The van der Waals surface area contributed by atoms with E-state index < -0.39 is 17.1 Å². The van der Waals surface area contributed by atoms with E-state index in [0.29, 0.717) is 41.7 Å². The van der Waals surface area contributed by atoms with Crippen LogP contribution >= 0.6 is 11.8 Å². The van der Waals surface area contributed by atoms with Crippen LogP contribution in [0.25, 0.3) is 6.08 Å². The summed E-state index contributed by atoms with van der Waals surface area (Å²) in [7, 11) is 0. The zero-order valence-corrected chi connectivity index (χ0v) is 18.4. The summed E-state index contributed by atoms with van der Waals surface area (Å²) in [4.78, 5) is 38.9. The number of nitrogens with zero attached hydrogens (tertiary/aromatic N) is 1. The summed E-state index contributed by atoms with van der Waals surface area (Å²) in [5.41, 5.74) is 1.17. The minimum Gasteiger partial charge on any atom is -0.490 e. The van der Waals surface area contributed by atoms with E-state index in [9.17, 15) is 14.4 Å². The molecule has 166 valence electrons. The van der Waals surface area contributed by atoms with E-state index in [1.165, 1.54) is 0 Å². The van der Waals surface area contributed by atoms with Gasteiger partial charge in [0.25, 0.3) is 11.1 Å². The lowest BCUT2D eigenvalue weighted by atomic mass is 10.2. The van der Waals surface area contributed by atoms with Crippen molar-refractivity contribution in [2.75, 3.05) is 25.1 Å². The van der Waals surface area contributed by atoms with Crippen molar-refractivity contribution in [2.45, 2.75) is 20.0 Å².